The molecule has 0 aromatic heterocycles. The first kappa shape index (κ1) is 16.4. The molecule has 0 spiro atoms. The second-order valence-corrected chi connectivity index (χ2v) is 5.84. The first-order chi connectivity index (χ1) is 10.0. The van der Waals surface area contributed by atoms with Crippen LogP contribution in [-0.4, -0.2) is 17.4 Å². The number of rotatable bonds is 4. The third-order valence-corrected chi connectivity index (χ3v) is 4.65. The summed E-state index contributed by atoms with van der Waals surface area (Å²) in [7, 11) is 0. The SMILES string of the molecule is CC1(C)C(C=O)C1(Cc1c(F)c(F)c(F)c(F)c1F)C(=O)O. The Hall–Kier alpha value is -1.99. The molecule has 0 bridgehead atoms. The molecule has 1 aromatic rings. The summed E-state index contributed by atoms with van der Waals surface area (Å²) in [5, 5.41) is 9.31. The normalized spacial score (nSPS) is 25.9. The Kier molecular flexibility index (Phi) is 3.54. The molecule has 120 valence electrons. The maximum atomic E-state index is 13.7. The van der Waals surface area contributed by atoms with E-state index in [0.29, 0.717) is 6.29 Å². The number of carboxylic acids is 1. The zero-order valence-electron chi connectivity index (χ0n) is 11.5. The van der Waals surface area contributed by atoms with Crippen LogP contribution >= 0.6 is 0 Å². The van der Waals surface area contributed by atoms with Crippen molar-refractivity contribution in [2.24, 2.45) is 16.7 Å². The molecule has 0 heterocycles. The van der Waals surface area contributed by atoms with E-state index >= 15 is 0 Å². The Bertz CT molecular complexity index is 657. The Morgan fingerprint density at radius 1 is 1.05 bits per heavy atom. The summed E-state index contributed by atoms with van der Waals surface area (Å²) < 4.78 is 66.8. The number of hydrogen-bond acceptors (Lipinski definition) is 2. The van der Waals surface area contributed by atoms with Gasteiger partial charge in [0.2, 0.25) is 5.82 Å². The van der Waals surface area contributed by atoms with E-state index in [1.165, 1.54) is 13.8 Å². The van der Waals surface area contributed by atoms with Gasteiger partial charge < -0.3 is 9.90 Å². The van der Waals surface area contributed by atoms with Crippen molar-refractivity contribution in [3.8, 4) is 0 Å². The van der Waals surface area contributed by atoms with Crippen LogP contribution in [0.5, 0.6) is 0 Å². The highest BCUT2D eigenvalue weighted by Gasteiger charge is 2.76. The number of carboxylic acid groups (broad SMARTS) is 1. The quantitative estimate of drug-likeness (QED) is 0.401. The summed E-state index contributed by atoms with van der Waals surface area (Å²) in [6.07, 6.45) is -0.648. The summed E-state index contributed by atoms with van der Waals surface area (Å²) in [4.78, 5) is 22.5. The molecule has 1 N–H and O–H groups in total. The summed E-state index contributed by atoms with van der Waals surface area (Å²) in [6.45, 7) is 2.76. The third kappa shape index (κ3) is 1.79. The van der Waals surface area contributed by atoms with E-state index in [-0.39, 0.29) is 0 Å². The molecule has 1 saturated carbocycles. The van der Waals surface area contributed by atoms with Gasteiger partial charge in [0.1, 0.15) is 6.29 Å². The Morgan fingerprint density at radius 2 is 1.45 bits per heavy atom. The van der Waals surface area contributed by atoms with Crippen molar-refractivity contribution < 1.29 is 36.6 Å². The lowest BCUT2D eigenvalue weighted by Gasteiger charge is -2.17. The van der Waals surface area contributed by atoms with Crippen LogP contribution in [0.25, 0.3) is 0 Å². The van der Waals surface area contributed by atoms with Gasteiger partial charge in [0.15, 0.2) is 23.3 Å². The standard InChI is InChI=1S/C14H11F5O3/c1-13(2)6(4-20)14(13,12(21)22)3-5-7(15)9(17)11(19)10(18)8(5)16/h4,6H,3H2,1-2H3,(H,21,22). The monoisotopic (exact) mass is 322 g/mol. The van der Waals surface area contributed by atoms with Gasteiger partial charge in [-0.2, -0.15) is 0 Å². The highest BCUT2D eigenvalue weighted by atomic mass is 19.2. The van der Waals surface area contributed by atoms with Crippen LogP contribution in [-0.2, 0) is 16.0 Å². The van der Waals surface area contributed by atoms with Crippen molar-refractivity contribution >= 4 is 12.3 Å². The summed E-state index contributed by atoms with van der Waals surface area (Å²) in [5.41, 5.74) is -4.30. The smallest absolute Gasteiger partial charge is 0.311 e. The summed E-state index contributed by atoms with van der Waals surface area (Å²) >= 11 is 0. The average molecular weight is 322 g/mol. The fourth-order valence-corrected chi connectivity index (χ4v) is 3.09. The number of halogens is 5. The van der Waals surface area contributed by atoms with E-state index < -0.39 is 63.8 Å². The highest BCUT2D eigenvalue weighted by Crippen LogP contribution is 2.69. The molecule has 2 unspecified atom stereocenters. The van der Waals surface area contributed by atoms with Gasteiger partial charge in [-0.25, -0.2) is 22.0 Å². The molecule has 1 aliphatic rings. The average Bonchev–Trinajstić information content (AvgIpc) is 2.95. The number of benzene rings is 1. The predicted molar refractivity (Wildman–Crippen MR) is 63.3 cm³/mol. The lowest BCUT2D eigenvalue weighted by atomic mass is 9.88. The molecule has 1 aliphatic carbocycles. The maximum absolute atomic E-state index is 13.7. The maximum Gasteiger partial charge on any atom is 0.311 e. The number of carbonyl (C=O) groups is 2. The van der Waals surface area contributed by atoms with Crippen molar-refractivity contribution in [1.82, 2.24) is 0 Å². The van der Waals surface area contributed by atoms with E-state index in [0.717, 1.165) is 0 Å². The van der Waals surface area contributed by atoms with Crippen molar-refractivity contribution in [2.45, 2.75) is 20.3 Å². The van der Waals surface area contributed by atoms with Gasteiger partial charge in [-0.1, -0.05) is 13.8 Å². The van der Waals surface area contributed by atoms with Crippen molar-refractivity contribution in [1.29, 1.82) is 0 Å². The van der Waals surface area contributed by atoms with Crippen LogP contribution in [0.3, 0.4) is 0 Å². The minimum Gasteiger partial charge on any atom is -0.481 e. The predicted octanol–water partition coefficient (Wildman–Crippen LogP) is 2.85. The fourth-order valence-electron chi connectivity index (χ4n) is 3.09. The van der Waals surface area contributed by atoms with Crippen LogP contribution < -0.4 is 0 Å². The highest BCUT2D eigenvalue weighted by molar-refractivity contribution is 5.88. The molecule has 0 radical (unpaired) electrons. The van der Waals surface area contributed by atoms with Crippen LogP contribution in [0.2, 0.25) is 0 Å². The molecule has 8 heteroatoms. The van der Waals surface area contributed by atoms with Crippen LogP contribution in [0.1, 0.15) is 19.4 Å². The third-order valence-electron chi connectivity index (χ3n) is 4.65. The molecule has 22 heavy (non-hydrogen) atoms. The molecule has 3 nitrogen and oxygen atoms in total. The largest absolute Gasteiger partial charge is 0.481 e. The minimum absolute atomic E-state index is 0.320. The topological polar surface area (TPSA) is 54.4 Å². The zero-order chi connectivity index (χ0) is 17.0. The minimum atomic E-state index is -2.31. The zero-order valence-corrected chi connectivity index (χ0v) is 11.5. The van der Waals surface area contributed by atoms with Crippen LogP contribution in [0.15, 0.2) is 0 Å². The summed E-state index contributed by atoms with van der Waals surface area (Å²) in [6, 6.07) is 0. The molecular weight excluding hydrogens is 311 g/mol. The molecular formula is C14H11F5O3. The lowest BCUT2D eigenvalue weighted by molar-refractivity contribution is -0.145. The van der Waals surface area contributed by atoms with E-state index in [9.17, 15) is 36.6 Å². The Morgan fingerprint density at radius 3 is 1.77 bits per heavy atom. The fraction of sp³-hybridized carbons (Fsp3) is 0.429. The van der Waals surface area contributed by atoms with Crippen molar-refractivity contribution in [2.75, 3.05) is 0 Å². The molecule has 0 aliphatic heterocycles. The van der Waals surface area contributed by atoms with E-state index in [4.69, 9.17) is 0 Å². The molecule has 1 aromatic carbocycles. The second-order valence-electron chi connectivity index (χ2n) is 5.84. The van der Waals surface area contributed by atoms with E-state index in [1.54, 1.807) is 0 Å². The van der Waals surface area contributed by atoms with E-state index in [1.807, 2.05) is 0 Å². The Balaban J connectivity index is 2.61. The molecule has 0 amide bonds. The molecule has 0 saturated heterocycles. The van der Waals surface area contributed by atoms with Gasteiger partial charge in [0, 0.05) is 11.5 Å². The first-order valence-electron chi connectivity index (χ1n) is 6.23. The van der Waals surface area contributed by atoms with Gasteiger partial charge in [-0.15, -0.1) is 0 Å². The second kappa shape index (κ2) is 4.76. The van der Waals surface area contributed by atoms with Gasteiger partial charge in [0.25, 0.3) is 0 Å². The van der Waals surface area contributed by atoms with Gasteiger partial charge in [-0.05, 0) is 11.8 Å². The van der Waals surface area contributed by atoms with Gasteiger partial charge in [0.05, 0.1) is 5.41 Å². The number of carbonyl (C=O) groups excluding carboxylic acids is 1. The summed E-state index contributed by atoms with van der Waals surface area (Å²) in [5.74, 6) is -13.4. The molecule has 2 rings (SSSR count). The van der Waals surface area contributed by atoms with Crippen LogP contribution in [0.4, 0.5) is 22.0 Å². The lowest BCUT2D eigenvalue weighted by Crippen LogP contribution is -2.26. The first-order valence-corrected chi connectivity index (χ1v) is 6.23. The van der Waals surface area contributed by atoms with Gasteiger partial charge >= 0.3 is 5.97 Å². The van der Waals surface area contributed by atoms with Gasteiger partial charge in [-0.3, -0.25) is 4.79 Å². The Labute approximate surface area is 121 Å². The van der Waals surface area contributed by atoms with Crippen LogP contribution in [0, 0.1) is 45.8 Å². The van der Waals surface area contributed by atoms with Crippen molar-refractivity contribution in [3.05, 3.63) is 34.6 Å². The van der Waals surface area contributed by atoms with Crippen molar-refractivity contribution in [3.63, 3.8) is 0 Å². The van der Waals surface area contributed by atoms with E-state index in [2.05, 4.69) is 0 Å². The molecule has 1 fully saturated rings. The number of aliphatic carboxylic acids is 1. The molecule has 2 atom stereocenters. The number of aldehydes is 1. The number of hydrogen-bond donors (Lipinski definition) is 1.